The molecular formula is C10H18. The zero-order chi connectivity index (χ0) is 7.82. The lowest BCUT2D eigenvalue weighted by Crippen LogP contribution is -1.81. The summed E-state index contributed by atoms with van der Waals surface area (Å²) >= 11 is 0. The highest BCUT2D eigenvalue weighted by molar-refractivity contribution is 5.00. The Labute approximate surface area is 64.6 Å². The van der Waals surface area contributed by atoms with Crippen LogP contribution in [0.1, 0.15) is 39.5 Å². The summed E-state index contributed by atoms with van der Waals surface area (Å²) in [6.07, 6.45) is 9.06. The minimum atomic E-state index is 1.12. The van der Waals surface area contributed by atoms with E-state index in [2.05, 4.69) is 26.5 Å². The predicted octanol–water partition coefficient (Wildman–Crippen LogP) is 3.70. The molecule has 0 aromatic carbocycles. The zero-order valence-corrected chi connectivity index (χ0v) is 7.19. The maximum Gasteiger partial charge on any atom is -0.0286 e. The van der Waals surface area contributed by atoms with Crippen molar-refractivity contribution in [1.29, 1.82) is 0 Å². The van der Waals surface area contributed by atoms with E-state index in [0.29, 0.717) is 0 Å². The second-order valence-electron chi connectivity index (χ2n) is 2.52. The monoisotopic (exact) mass is 138 g/mol. The van der Waals surface area contributed by atoms with Gasteiger partial charge in [0.15, 0.2) is 0 Å². The van der Waals surface area contributed by atoms with Crippen molar-refractivity contribution in [1.82, 2.24) is 0 Å². The van der Waals surface area contributed by atoms with Gasteiger partial charge in [0.05, 0.1) is 0 Å². The number of allylic oxidation sites excluding steroid dienone is 3. The third-order valence-electron chi connectivity index (χ3n) is 1.65. The third kappa shape index (κ3) is 4.37. The highest BCUT2D eigenvalue weighted by atomic mass is 14.0. The zero-order valence-electron chi connectivity index (χ0n) is 7.19. The average molecular weight is 138 g/mol. The quantitative estimate of drug-likeness (QED) is 0.508. The van der Waals surface area contributed by atoms with Crippen LogP contribution in [0.5, 0.6) is 0 Å². The fourth-order valence-corrected chi connectivity index (χ4v) is 1.02. The van der Waals surface area contributed by atoms with Gasteiger partial charge in [-0.2, -0.15) is 0 Å². The lowest BCUT2D eigenvalue weighted by Gasteiger charge is -2.01. The third-order valence-corrected chi connectivity index (χ3v) is 1.65. The van der Waals surface area contributed by atoms with E-state index in [1.165, 1.54) is 19.3 Å². The molecule has 0 saturated carbocycles. The van der Waals surface area contributed by atoms with Crippen LogP contribution in [0.2, 0.25) is 0 Å². The van der Waals surface area contributed by atoms with Crippen LogP contribution >= 0.6 is 0 Å². The van der Waals surface area contributed by atoms with Crippen molar-refractivity contribution < 1.29 is 0 Å². The van der Waals surface area contributed by atoms with Gasteiger partial charge in [0.1, 0.15) is 0 Å². The molecule has 0 nitrogen and oxygen atoms in total. The van der Waals surface area contributed by atoms with Gasteiger partial charge in [-0.15, -0.1) is 6.58 Å². The summed E-state index contributed by atoms with van der Waals surface area (Å²) < 4.78 is 0. The Bertz CT molecular complexity index is 109. The lowest BCUT2D eigenvalue weighted by atomic mass is 10.1. The molecule has 0 N–H and O–H groups in total. The molecule has 0 aliphatic rings. The summed E-state index contributed by atoms with van der Waals surface area (Å²) in [5.74, 6) is 0. The van der Waals surface area contributed by atoms with Gasteiger partial charge in [-0.3, -0.25) is 0 Å². The highest BCUT2D eigenvalue weighted by Crippen LogP contribution is 2.11. The molecule has 0 fully saturated rings. The maximum absolute atomic E-state index is 3.70. The van der Waals surface area contributed by atoms with Crippen molar-refractivity contribution in [3.63, 3.8) is 0 Å². The van der Waals surface area contributed by atoms with E-state index in [4.69, 9.17) is 0 Å². The summed E-state index contributed by atoms with van der Waals surface area (Å²) in [4.78, 5) is 0. The predicted molar refractivity (Wildman–Crippen MR) is 48.1 cm³/mol. The topological polar surface area (TPSA) is 0 Å². The SMILES string of the molecule is C=CCCC(=CC)CCC. The Morgan fingerprint density at radius 2 is 2.10 bits per heavy atom. The molecule has 0 heterocycles. The van der Waals surface area contributed by atoms with Gasteiger partial charge >= 0.3 is 0 Å². The summed E-state index contributed by atoms with van der Waals surface area (Å²) in [7, 11) is 0. The molecule has 58 valence electrons. The fourth-order valence-electron chi connectivity index (χ4n) is 1.02. The molecule has 0 spiro atoms. The molecule has 0 radical (unpaired) electrons. The molecule has 0 rings (SSSR count). The van der Waals surface area contributed by atoms with Gasteiger partial charge in [-0.05, 0) is 26.2 Å². The minimum absolute atomic E-state index is 1.12. The largest absolute Gasteiger partial charge is 0.103 e. The van der Waals surface area contributed by atoms with Crippen LogP contribution < -0.4 is 0 Å². The molecule has 0 aromatic rings. The first-order valence-electron chi connectivity index (χ1n) is 4.10. The van der Waals surface area contributed by atoms with Crippen LogP contribution in [0.3, 0.4) is 0 Å². The van der Waals surface area contributed by atoms with Gasteiger partial charge in [-0.1, -0.05) is 31.1 Å². The van der Waals surface area contributed by atoms with E-state index in [9.17, 15) is 0 Å². The standard InChI is InChI=1S/C10H18/c1-4-7-9-10(6-3)8-5-2/h4,6H,1,5,7-9H2,2-3H3. The van der Waals surface area contributed by atoms with Crippen LogP contribution in [-0.4, -0.2) is 0 Å². The summed E-state index contributed by atoms with van der Waals surface area (Å²) in [5.41, 5.74) is 1.57. The first kappa shape index (κ1) is 9.48. The van der Waals surface area contributed by atoms with Gasteiger partial charge in [0.25, 0.3) is 0 Å². The van der Waals surface area contributed by atoms with E-state index in [1.807, 2.05) is 6.08 Å². The van der Waals surface area contributed by atoms with Crippen molar-refractivity contribution in [3.05, 3.63) is 24.3 Å². The van der Waals surface area contributed by atoms with Crippen molar-refractivity contribution in [2.45, 2.75) is 39.5 Å². The number of rotatable bonds is 5. The first-order chi connectivity index (χ1) is 4.85. The molecule has 0 heteroatoms. The molecule has 0 aliphatic carbocycles. The molecule has 0 aliphatic heterocycles. The molecule has 0 aromatic heterocycles. The smallest absolute Gasteiger partial charge is 0.0286 e. The first-order valence-corrected chi connectivity index (χ1v) is 4.10. The molecule has 0 bridgehead atoms. The van der Waals surface area contributed by atoms with E-state index in [0.717, 1.165) is 6.42 Å². The van der Waals surface area contributed by atoms with E-state index in [-0.39, 0.29) is 0 Å². The Kier molecular flexibility index (Phi) is 6.25. The van der Waals surface area contributed by atoms with E-state index >= 15 is 0 Å². The van der Waals surface area contributed by atoms with Crippen LogP contribution in [0.4, 0.5) is 0 Å². The van der Waals surface area contributed by atoms with Crippen LogP contribution in [0, 0.1) is 0 Å². The molecule has 10 heavy (non-hydrogen) atoms. The Morgan fingerprint density at radius 3 is 2.50 bits per heavy atom. The lowest BCUT2D eigenvalue weighted by molar-refractivity contribution is 0.827. The molecule has 0 atom stereocenters. The van der Waals surface area contributed by atoms with Crippen molar-refractivity contribution in [2.75, 3.05) is 0 Å². The number of hydrogen-bond donors (Lipinski definition) is 0. The van der Waals surface area contributed by atoms with Crippen LogP contribution in [0.25, 0.3) is 0 Å². The average Bonchev–Trinajstić information content (AvgIpc) is 1.98. The van der Waals surface area contributed by atoms with Crippen LogP contribution in [-0.2, 0) is 0 Å². The van der Waals surface area contributed by atoms with Gasteiger partial charge in [0.2, 0.25) is 0 Å². The minimum Gasteiger partial charge on any atom is -0.103 e. The Balaban J connectivity index is 3.51. The summed E-state index contributed by atoms with van der Waals surface area (Å²) in [6.45, 7) is 8.04. The van der Waals surface area contributed by atoms with Crippen molar-refractivity contribution in [2.24, 2.45) is 0 Å². The maximum atomic E-state index is 3.70. The van der Waals surface area contributed by atoms with E-state index < -0.39 is 0 Å². The fraction of sp³-hybridized carbons (Fsp3) is 0.600. The number of hydrogen-bond acceptors (Lipinski definition) is 0. The highest BCUT2D eigenvalue weighted by Gasteiger charge is 1.91. The van der Waals surface area contributed by atoms with Crippen molar-refractivity contribution in [3.8, 4) is 0 Å². The Hall–Kier alpha value is -0.520. The second-order valence-corrected chi connectivity index (χ2v) is 2.52. The van der Waals surface area contributed by atoms with Gasteiger partial charge < -0.3 is 0 Å². The molecule has 0 saturated heterocycles. The summed E-state index contributed by atoms with van der Waals surface area (Å²) in [5, 5.41) is 0. The normalized spacial score (nSPS) is 11.6. The summed E-state index contributed by atoms with van der Waals surface area (Å²) in [6, 6.07) is 0. The van der Waals surface area contributed by atoms with Gasteiger partial charge in [-0.25, -0.2) is 0 Å². The molecular weight excluding hydrogens is 120 g/mol. The van der Waals surface area contributed by atoms with Crippen molar-refractivity contribution >= 4 is 0 Å². The van der Waals surface area contributed by atoms with Crippen LogP contribution in [0.15, 0.2) is 24.3 Å². The van der Waals surface area contributed by atoms with Gasteiger partial charge in [0, 0.05) is 0 Å². The Morgan fingerprint density at radius 1 is 1.40 bits per heavy atom. The van der Waals surface area contributed by atoms with E-state index in [1.54, 1.807) is 5.57 Å². The second kappa shape index (κ2) is 6.60. The molecule has 0 amide bonds. The molecule has 0 unspecified atom stereocenters.